The van der Waals surface area contributed by atoms with Crippen LogP contribution in [0.25, 0.3) is 0 Å². The van der Waals surface area contributed by atoms with E-state index in [9.17, 15) is 9.59 Å². The summed E-state index contributed by atoms with van der Waals surface area (Å²) in [6, 6.07) is 0. The molecule has 1 fully saturated rings. The molecule has 0 aromatic carbocycles. The summed E-state index contributed by atoms with van der Waals surface area (Å²) in [5.41, 5.74) is 5.23. The molecular weight excluding hydrogens is 206 g/mol. The van der Waals surface area contributed by atoms with Crippen molar-refractivity contribution in [2.24, 2.45) is 17.1 Å². The standard InChI is InChI=1S/C11H21N3O2/c1-8(2)9(15)13-5-6-14-10(16)11(7-12)3-4-11/h8H,3-7,12H2,1-2H3,(H,13,15)(H,14,16). The number of nitrogens with one attached hydrogen (secondary N) is 2. The molecule has 0 atom stereocenters. The van der Waals surface area contributed by atoms with E-state index in [0.717, 1.165) is 12.8 Å². The molecule has 1 aliphatic rings. The Labute approximate surface area is 96.1 Å². The topological polar surface area (TPSA) is 84.2 Å². The molecular formula is C11H21N3O2. The van der Waals surface area contributed by atoms with Crippen LogP contribution in [0.3, 0.4) is 0 Å². The van der Waals surface area contributed by atoms with Crippen LogP contribution < -0.4 is 16.4 Å². The molecule has 5 heteroatoms. The van der Waals surface area contributed by atoms with Crippen LogP contribution in [0.4, 0.5) is 0 Å². The summed E-state index contributed by atoms with van der Waals surface area (Å²) in [6.07, 6.45) is 1.77. The summed E-state index contributed by atoms with van der Waals surface area (Å²) in [5.74, 6) is 0.0116. The van der Waals surface area contributed by atoms with Gasteiger partial charge in [-0.05, 0) is 12.8 Å². The lowest BCUT2D eigenvalue weighted by molar-refractivity contribution is -0.127. The molecule has 4 N–H and O–H groups in total. The Morgan fingerprint density at radius 3 is 2.25 bits per heavy atom. The van der Waals surface area contributed by atoms with Crippen molar-refractivity contribution in [3.8, 4) is 0 Å². The first-order valence-corrected chi connectivity index (χ1v) is 5.78. The van der Waals surface area contributed by atoms with Crippen molar-refractivity contribution >= 4 is 11.8 Å². The van der Waals surface area contributed by atoms with E-state index in [1.54, 1.807) is 0 Å². The summed E-state index contributed by atoms with van der Waals surface area (Å²) < 4.78 is 0. The normalized spacial score (nSPS) is 17.0. The number of carbonyl (C=O) groups is 2. The van der Waals surface area contributed by atoms with Crippen LogP contribution in [0.1, 0.15) is 26.7 Å². The summed E-state index contributed by atoms with van der Waals surface area (Å²) >= 11 is 0. The molecule has 2 amide bonds. The largest absolute Gasteiger partial charge is 0.354 e. The van der Waals surface area contributed by atoms with Crippen LogP contribution in [-0.4, -0.2) is 31.4 Å². The van der Waals surface area contributed by atoms with Gasteiger partial charge in [0.15, 0.2) is 0 Å². The molecule has 0 bridgehead atoms. The van der Waals surface area contributed by atoms with E-state index in [4.69, 9.17) is 5.73 Å². The van der Waals surface area contributed by atoms with Crippen molar-refractivity contribution in [2.45, 2.75) is 26.7 Å². The summed E-state index contributed by atoms with van der Waals surface area (Å²) in [4.78, 5) is 22.8. The van der Waals surface area contributed by atoms with E-state index < -0.39 is 0 Å². The smallest absolute Gasteiger partial charge is 0.227 e. The van der Waals surface area contributed by atoms with Crippen LogP contribution in [0.2, 0.25) is 0 Å². The zero-order chi connectivity index (χ0) is 12.2. The van der Waals surface area contributed by atoms with Crippen LogP contribution in [0, 0.1) is 11.3 Å². The first-order valence-electron chi connectivity index (χ1n) is 5.78. The number of rotatable bonds is 6. The highest BCUT2D eigenvalue weighted by molar-refractivity contribution is 5.85. The zero-order valence-corrected chi connectivity index (χ0v) is 10.0. The first kappa shape index (κ1) is 13.0. The van der Waals surface area contributed by atoms with Gasteiger partial charge in [0.1, 0.15) is 0 Å². The van der Waals surface area contributed by atoms with Gasteiger partial charge in [0.2, 0.25) is 11.8 Å². The van der Waals surface area contributed by atoms with E-state index in [2.05, 4.69) is 10.6 Å². The Balaban J connectivity index is 2.12. The third-order valence-corrected chi connectivity index (χ3v) is 2.96. The maximum atomic E-state index is 11.6. The van der Waals surface area contributed by atoms with Crippen molar-refractivity contribution in [3.05, 3.63) is 0 Å². The maximum Gasteiger partial charge on any atom is 0.227 e. The lowest BCUT2D eigenvalue weighted by atomic mass is 10.1. The minimum absolute atomic E-state index is 0.00853. The van der Waals surface area contributed by atoms with Crippen molar-refractivity contribution in [3.63, 3.8) is 0 Å². The molecule has 0 saturated heterocycles. The second kappa shape index (κ2) is 5.30. The Bertz CT molecular complexity index is 272. The Morgan fingerprint density at radius 1 is 1.25 bits per heavy atom. The minimum atomic E-state index is -0.304. The molecule has 1 rings (SSSR count). The summed E-state index contributed by atoms with van der Waals surface area (Å²) in [7, 11) is 0. The number of hydrogen-bond acceptors (Lipinski definition) is 3. The highest BCUT2D eigenvalue weighted by Gasteiger charge is 2.48. The van der Waals surface area contributed by atoms with Crippen molar-refractivity contribution in [1.29, 1.82) is 0 Å². The fourth-order valence-corrected chi connectivity index (χ4v) is 1.43. The fourth-order valence-electron chi connectivity index (χ4n) is 1.43. The zero-order valence-electron chi connectivity index (χ0n) is 10.0. The van der Waals surface area contributed by atoms with Gasteiger partial charge in [0, 0.05) is 25.6 Å². The molecule has 0 heterocycles. The molecule has 0 aromatic heterocycles. The molecule has 1 aliphatic carbocycles. The van der Waals surface area contributed by atoms with E-state index in [1.165, 1.54) is 0 Å². The van der Waals surface area contributed by atoms with E-state index >= 15 is 0 Å². The molecule has 0 aliphatic heterocycles. The first-order chi connectivity index (χ1) is 7.52. The molecule has 0 aromatic rings. The van der Waals surface area contributed by atoms with Gasteiger partial charge < -0.3 is 16.4 Å². The van der Waals surface area contributed by atoms with Crippen LogP contribution >= 0.6 is 0 Å². The second-order valence-corrected chi connectivity index (χ2v) is 4.69. The summed E-state index contributed by atoms with van der Waals surface area (Å²) in [5, 5.41) is 5.54. The van der Waals surface area contributed by atoms with Crippen molar-refractivity contribution in [1.82, 2.24) is 10.6 Å². The van der Waals surface area contributed by atoms with Crippen LogP contribution in [0.5, 0.6) is 0 Å². The molecule has 92 valence electrons. The van der Waals surface area contributed by atoms with Crippen molar-refractivity contribution < 1.29 is 9.59 Å². The molecule has 0 unspecified atom stereocenters. The number of nitrogens with two attached hydrogens (primary N) is 1. The number of carbonyl (C=O) groups excluding carboxylic acids is 2. The van der Waals surface area contributed by atoms with Gasteiger partial charge in [-0.3, -0.25) is 9.59 Å². The van der Waals surface area contributed by atoms with E-state index in [-0.39, 0.29) is 23.1 Å². The van der Waals surface area contributed by atoms with Gasteiger partial charge in [-0.25, -0.2) is 0 Å². The third-order valence-electron chi connectivity index (χ3n) is 2.96. The molecule has 16 heavy (non-hydrogen) atoms. The van der Waals surface area contributed by atoms with E-state index in [0.29, 0.717) is 19.6 Å². The molecule has 0 radical (unpaired) electrons. The van der Waals surface area contributed by atoms with E-state index in [1.807, 2.05) is 13.8 Å². The second-order valence-electron chi connectivity index (χ2n) is 4.69. The van der Waals surface area contributed by atoms with Gasteiger partial charge in [-0.1, -0.05) is 13.8 Å². The highest BCUT2D eigenvalue weighted by atomic mass is 16.2. The Hall–Kier alpha value is -1.10. The Morgan fingerprint density at radius 2 is 1.81 bits per heavy atom. The molecule has 5 nitrogen and oxygen atoms in total. The van der Waals surface area contributed by atoms with Gasteiger partial charge >= 0.3 is 0 Å². The quantitative estimate of drug-likeness (QED) is 0.540. The SMILES string of the molecule is CC(C)C(=O)NCCNC(=O)C1(CN)CC1. The minimum Gasteiger partial charge on any atom is -0.354 e. The average Bonchev–Trinajstić information content (AvgIpc) is 3.04. The van der Waals surface area contributed by atoms with Gasteiger partial charge in [0.25, 0.3) is 0 Å². The maximum absolute atomic E-state index is 11.6. The van der Waals surface area contributed by atoms with Crippen molar-refractivity contribution in [2.75, 3.05) is 19.6 Å². The lowest BCUT2D eigenvalue weighted by Gasteiger charge is -2.13. The van der Waals surface area contributed by atoms with Gasteiger partial charge in [0.05, 0.1) is 5.41 Å². The molecule has 1 saturated carbocycles. The lowest BCUT2D eigenvalue weighted by Crippen LogP contribution is -2.41. The predicted molar refractivity (Wildman–Crippen MR) is 61.6 cm³/mol. The third kappa shape index (κ3) is 3.20. The van der Waals surface area contributed by atoms with Crippen LogP contribution in [0.15, 0.2) is 0 Å². The summed E-state index contributed by atoms with van der Waals surface area (Å²) in [6.45, 7) is 5.03. The molecule has 0 spiro atoms. The van der Waals surface area contributed by atoms with Gasteiger partial charge in [-0.15, -0.1) is 0 Å². The number of amides is 2. The highest BCUT2D eigenvalue weighted by Crippen LogP contribution is 2.44. The predicted octanol–water partition coefficient (Wildman–Crippen LogP) is -0.386. The van der Waals surface area contributed by atoms with Gasteiger partial charge in [-0.2, -0.15) is 0 Å². The Kier molecular flexibility index (Phi) is 4.29. The number of hydrogen-bond donors (Lipinski definition) is 3. The van der Waals surface area contributed by atoms with Crippen LogP contribution in [-0.2, 0) is 9.59 Å². The monoisotopic (exact) mass is 227 g/mol. The fraction of sp³-hybridized carbons (Fsp3) is 0.818. The average molecular weight is 227 g/mol.